The van der Waals surface area contributed by atoms with Crippen LogP contribution in [-0.4, -0.2) is 60.9 Å². The number of β-lactam (4-membered cyclic amide) rings is 1. The predicted molar refractivity (Wildman–Crippen MR) is 117 cm³/mol. The second-order valence-corrected chi connectivity index (χ2v) is 12.0. The first-order chi connectivity index (χ1) is 14.3. The van der Waals surface area contributed by atoms with Crippen molar-refractivity contribution in [3.05, 3.63) is 35.4 Å². The number of aryl methyl sites for hydroxylation is 1. The van der Waals surface area contributed by atoms with Gasteiger partial charge in [-0.05, 0) is 12.5 Å². The molecule has 14 heteroatoms. The number of nitrogens with one attached hydrogen (secondary N) is 1. The smallest absolute Gasteiger partial charge is 0.352 e. The van der Waals surface area contributed by atoms with Crippen LogP contribution in [-0.2, 0) is 20.8 Å². The Hall–Kier alpha value is -1.74. The molecule has 158 valence electrons. The van der Waals surface area contributed by atoms with Crippen molar-refractivity contribution in [1.29, 1.82) is 0 Å². The van der Waals surface area contributed by atoms with E-state index in [9.17, 15) is 24.3 Å². The summed E-state index contributed by atoms with van der Waals surface area (Å²) in [6.07, 6.45) is 0.0232. The topological polar surface area (TPSA) is 130 Å². The first kappa shape index (κ1) is 21.5. The van der Waals surface area contributed by atoms with Crippen LogP contribution in [0, 0.1) is 6.92 Å². The van der Waals surface area contributed by atoms with Gasteiger partial charge in [0.25, 0.3) is 9.96 Å². The van der Waals surface area contributed by atoms with E-state index in [2.05, 4.69) is 15.5 Å². The molecule has 2 unspecified atom stereocenters. The fraction of sp³-hybridized carbons (Fsp3) is 0.375. The van der Waals surface area contributed by atoms with Crippen LogP contribution in [0.15, 0.2) is 25.8 Å². The lowest BCUT2D eigenvalue weighted by Gasteiger charge is -2.49. The molecule has 2 N–H and O–H groups in total. The molecule has 2 aromatic rings. The minimum Gasteiger partial charge on any atom is -0.477 e. The standard InChI is InChI=1S/C16H14N4O5S5/c1-6-18-19-15(29-6)27-4-7-3-26-13-10(12(22)20(13)11(7)14(23)24)17-9(21)2-8-5-28-16(25)30-8/h5,10,13H,2-4H2,1H3,(H,17,21)(H,23,24). The molecule has 2 aliphatic heterocycles. The Balaban J connectivity index is 1.43. The van der Waals surface area contributed by atoms with Crippen molar-refractivity contribution in [1.82, 2.24) is 20.4 Å². The van der Waals surface area contributed by atoms with E-state index < -0.39 is 23.3 Å². The molecule has 2 amide bonds. The maximum absolute atomic E-state index is 12.7. The van der Waals surface area contributed by atoms with Crippen molar-refractivity contribution in [3.63, 3.8) is 0 Å². The first-order valence-electron chi connectivity index (χ1n) is 8.53. The van der Waals surface area contributed by atoms with Gasteiger partial charge in [-0.25, -0.2) is 4.79 Å². The van der Waals surface area contributed by atoms with E-state index in [-0.39, 0.29) is 22.1 Å². The second kappa shape index (κ2) is 8.78. The van der Waals surface area contributed by atoms with Crippen LogP contribution in [0.2, 0.25) is 0 Å². The fourth-order valence-electron chi connectivity index (χ4n) is 3.01. The van der Waals surface area contributed by atoms with Gasteiger partial charge in [-0.3, -0.25) is 19.3 Å². The van der Waals surface area contributed by atoms with Crippen molar-refractivity contribution < 1.29 is 19.5 Å². The van der Waals surface area contributed by atoms with Gasteiger partial charge in [0, 0.05) is 21.8 Å². The molecule has 4 rings (SSSR count). The van der Waals surface area contributed by atoms with E-state index in [4.69, 9.17) is 0 Å². The summed E-state index contributed by atoms with van der Waals surface area (Å²) >= 11 is 6.29. The molecule has 0 saturated carbocycles. The summed E-state index contributed by atoms with van der Waals surface area (Å²) in [5.74, 6) is -1.12. The number of thioether (sulfide) groups is 2. The first-order valence-corrected chi connectivity index (χ1v) is 13.1. The predicted octanol–water partition coefficient (Wildman–Crippen LogP) is 1.40. The van der Waals surface area contributed by atoms with Gasteiger partial charge < -0.3 is 10.4 Å². The highest BCUT2D eigenvalue weighted by Crippen LogP contribution is 2.41. The van der Waals surface area contributed by atoms with Crippen molar-refractivity contribution >= 4 is 75.3 Å². The largest absolute Gasteiger partial charge is 0.477 e. The Labute approximate surface area is 190 Å². The SMILES string of the molecule is Cc1nnc(SCC2=C(C(=O)O)N3C(=O)C(NC(=O)Cc4csc(=O)s4)C3SC2)s1. The molecule has 1 fully saturated rings. The van der Waals surface area contributed by atoms with Crippen LogP contribution < -0.4 is 9.37 Å². The molecule has 2 aliphatic rings. The van der Waals surface area contributed by atoms with Crippen molar-refractivity contribution in [2.24, 2.45) is 0 Å². The average Bonchev–Trinajstić information content (AvgIpc) is 3.31. The fourth-order valence-corrected chi connectivity index (χ4v) is 8.03. The van der Waals surface area contributed by atoms with Gasteiger partial charge in [0.15, 0.2) is 4.34 Å². The lowest BCUT2D eigenvalue weighted by molar-refractivity contribution is -0.150. The van der Waals surface area contributed by atoms with Gasteiger partial charge in [0.2, 0.25) is 5.91 Å². The normalized spacial score (nSPS) is 20.7. The summed E-state index contributed by atoms with van der Waals surface area (Å²) in [5.41, 5.74) is 0.627. The molecule has 9 nitrogen and oxygen atoms in total. The van der Waals surface area contributed by atoms with Crippen LogP contribution in [0.1, 0.15) is 9.88 Å². The van der Waals surface area contributed by atoms with Crippen LogP contribution >= 0.6 is 57.5 Å². The van der Waals surface area contributed by atoms with E-state index >= 15 is 0 Å². The Bertz CT molecular complexity index is 1110. The quantitative estimate of drug-likeness (QED) is 0.426. The van der Waals surface area contributed by atoms with E-state index in [1.165, 1.54) is 39.8 Å². The molecular weight excluding hydrogens is 489 g/mol. The number of carbonyl (C=O) groups excluding carboxylic acids is 2. The van der Waals surface area contributed by atoms with Crippen molar-refractivity contribution in [2.45, 2.75) is 29.1 Å². The monoisotopic (exact) mass is 502 g/mol. The Morgan fingerprint density at radius 3 is 2.77 bits per heavy atom. The molecule has 0 aliphatic carbocycles. The average molecular weight is 503 g/mol. The highest BCUT2D eigenvalue weighted by Gasteiger charge is 2.54. The maximum atomic E-state index is 12.7. The molecule has 0 aromatic carbocycles. The van der Waals surface area contributed by atoms with Crippen LogP contribution in [0.5, 0.6) is 0 Å². The number of carboxylic acids is 1. The summed E-state index contributed by atoms with van der Waals surface area (Å²) in [6.45, 7) is 1.84. The number of hydrogen-bond donors (Lipinski definition) is 2. The van der Waals surface area contributed by atoms with Gasteiger partial charge in [-0.15, -0.1) is 22.0 Å². The zero-order chi connectivity index (χ0) is 21.4. The summed E-state index contributed by atoms with van der Waals surface area (Å²) in [4.78, 5) is 49.9. The minimum absolute atomic E-state index is 0.0148. The third-order valence-corrected chi connectivity index (χ3v) is 9.65. The van der Waals surface area contributed by atoms with Gasteiger partial charge in [-0.2, -0.15) is 0 Å². The van der Waals surface area contributed by atoms with Gasteiger partial charge >= 0.3 is 5.97 Å². The molecule has 0 bridgehead atoms. The maximum Gasteiger partial charge on any atom is 0.352 e. The minimum atomic E-state index is -1.16. The molecule has 0 radical (unpaired) electrons. The molecule has 2 aromatic heterocycles. The van der Waals surface area contributed by atoms with E-state index in [1.54, 1.807) is 5.38 Å². The molecule has 4 heterocycles. The highest BCUT2D eigenvalue weighted by molar-refractivity contribution is 8.01. The van der Waals surface area contributed by atoms with Gasteiger partial charge in [0.1, 0.15) is 22.1 Å². The number of hydrogen-bond acceptors (Lipinski definition) is 11. The number of carbonyl (C=O) groups is 3. The molecule has 2 atom stereocenters. The number of rotatable bonds is 7. The highest BCUT2D eigenvalue weighted by atomic mass is 32.2. The number of aliphatic carboxylic acids is 1. The number of aromatic nitrogens is 2. The van der Waals surface area contributed by atoms with Gasteiger partial charge in [-0.1, -0.05) is 45.8 Å². The lowest BCUT2D eigenvalue weighted by Crippen LogP contribution is -2.70. The van der Waals surface area contributed by atoms with Crippen LogP contribution in [0.4, 0.5) is 0 Å². The summed E-state index contributed by atoms with van der Waals surface area (Å²) in [5, 5.41) is 22.4. The number of amides is 2. The van der Waals surface area contributed by atoms with E-state index in [0.717, 1.165) is 32.0 Å². The molecule has 30 heavy (non-hydrogen) atoms. The van der Waals surface area contributed by atoms with Gasteiger partial charge in [0.05, 0.1) is 6.42 Å². The molecule has 0 spiro atoms. The summed E-state index contributed by atoms with van der Waals surface area (Å²) in [7, 11) is 0. The summed E-state index contributed by atoms with van der Waals surface area (Å²) in [6, 6.07) is -0.771. The Morgan fingerprint density at radius 2 is 2.13 bits per heavy atom. The third kappa shape index (κ3) is 4.32. The molecule has 1 saturated heterocycles. The zero-order valence-corrected chi connectivity index (χ0v) is 19.4. The summed E-state index contributed by atoms with van der Waals surface area (Å²) < 4.78 is 0.657. The lowest BCUT2D eigenvalue weighted by atomic mass is 10.0. The van der Waals surface area contributed by atoms with E-state index in [0.29, 0.717) is 22.0 Å². The van der Waals surface area contributed by atoms with Crippen molar-refractivity contribution in [3.8, 4) is 0 Å². The Morgan fingerprint density at radius 1 is 1.33 bits per heavy atom. The number of nitrogens with zero attached hydrogens (tertiary/aromatic N) is 3. The molecular formula is C16H14N4O5S5. The third-order valence-electron chi connectivity index (χ3n) is 4.28. The number of carboxylic acid groups (broad SMARTS) is 1. The van der Waals surface area contributed by atoms with Crippen LogP contribution in [0.25, 0.3) is 0 Å². The second-order valence-electron chi connectivity index (χ2n) is 6.32. The van der Waals surface area contributed by atoms with Crippen molar-refractivity contribution in [2.75, 3.05) is 11.5 Å². The van der Waals surface area contributed by atoms with Crippen LogP contribution in [0.3, 0.4) is 0 Å². The number of fused-ring (bicyclic) bond motifs is 1. The zero-order valence-electron chi connectivity index (χ0n) is 15.3. The van der Waals surface area contributed by atoms with E-state index in [1.807, 2.05) is 6.92 Å². The Kier molecular flexibility index (Phi) is 6.29.